The van der Waals surface area contributed by atoms with E-state index in [4.69, 9.17) is 17.3 Å². The normalized spacial score (nSPS) is 10.2. The summed E-state index contributed by atoms with van der Waals surface area (Å²) in [7, 11) is 0. The van der Waals surface area contributed by atoms with Crippen LogP contribution in [0.3, 0.4) is 0 Å². The second-order valence-electron chi connectivity index (χ2n) is 3.87. The minimum Gasteiger partial charge on any atom is -0.381 e. The molecule has 1 amide bonds. The van der Waals surface area contributed by atoms with Crippen LogP contribution in [0, 0.1) is 0 Å². The predicted molar refractivity (Wildman–Crippen MR) is 81.9 cm³/mol. The van der Waals surface area contributed by atoms with Crippen molar-refractivity contribution in [3.8, 4) is 0 Å². The average Bonchev–Trinajstić information content (AvgIpc) is 2.43. The van der Waals surface area contributed by atoms with Crippen LogP contribution >= 0.6 is 23.4 Å². The monoisotopic (exact) mass is 308 g/mol. The largest absolute Gasteiger partial charge is 0.381 e. The van der Waals surface area contributed by atoms with Gasteiger partial charge in [-0.25, -0.2) is 9.97 Å². The number of amides is 1. The van der Waals surface area contributed by atoms with Crippen LogP contribution < -0.4 is 11.1 Å². The zero-order valence-corrected chi connectivity index (χ0v) is 12.1. The summed E-state index contributed by atoms with van der Waals surface area (Å²) in [6.07, 6.45) is 3.44. The number of hydrogen-bond donors (Lipinski definition) is 2. The van der Waals surface area contributed by atoms with E-state index >= 15 is 0 Å². The summed E-state index contributed by atoms with van der Waals surface area (Å²) in [5.74, 6) is 0.844. The molecule has 0 spiro atoms. The van der Waals surface area contributed by atoms with Gasteiger partial charge in [0.05, 0.1) is 10.7 Å². The van der Waals surface area contributed by atoms with Gasteiger partial charge >= 0.3 is 0 Å². The highest BCUT2D eigenvalue weighted by molar-refractivity contribution is 7.99. The maximum absolute atomic E-state index is 11.8. The molecular weight excluding hydrogens is 296 g/mol. The standard InChI is InChI=1S/C13H13ClN4OS/c14-9-3-1-2-4-10(9)18-11(19)5-8-20-13-12(15)16-6-7-17-13/h1-4,6-7H,5,8H2,(H2,15,16)(H,18,19). The van der Waals surface area contributed by atoms with Crippen LogP contribution in [-0.2, 0) is 4.79 Å². The molecule has 0 atom stereocenters. The fourth-order valence-corrected chi connectivity index (χ4v) is 2.46. The molecule has 104 valence electrons. The number of nitrogen functional groups attached to an aromatic ring is 1. The minimum atomic E-state index is -0.104. The number of rotatable bonds is 5. The fraction of sp³-hybridized carbons (Fsp3) is 0.154. The van der Waals surface area contributed by atoms with Crippen LogP contribution in [0.5, 0.6) is 0 Å². The van der Waals surface area contributed by atoms with Gasteiger partial charge in [-0.1, -0.05) is 23.7 Å². The molecule has 0 fully saturated rings. The third-order valence-electron chi connectivity index (χ3n) is 2.41. The van der Waals surface area contributed by atoms with Gasteiger partial charge in [0.25, 0.3) is 0 Å². The van der Waals surface area contributed by atoms with E-state index in [1.54, 1.807) is 18.3 Å². The number of thioether (sulfide) groups is 1. The Morgan fingerprint density at radius 1 is 1.30 bits per heavy atom. The Labute approximate surface area is 126 Å². The van der Waals surface area contributed by atoms with Gasteiger partial charge < -0.3 is 11.1 Å². The molecule has 1 aromatic carbocycles. The van der Waals surface area contributed by atoms with Crippen molar-refractivity contribution < 1.29 is 4.79 Å². The summed E-state index contributed by atoms with van der Waals surface area (Å²) in [4.78, 5) is 19.8. The Hall–Kier alpha value is -1.79. The molecule has 0 saturated carbocycles. The van der Waals surface area contributed by atoms with E-state index in [0.717, 1.165) is 0 Å². The molecule has 0 aliphatic carbocycles. The Bertz CT molecular complexity index is 608. The second-order valence-corrected chi connectivity index (χ2v) is 5.36. The lowest BCUT2D eigenvalue weighted by molar-refractivity contribution is -0.115. The quantitative estimate of drug-likeness (QED) is 0.830. The van der Waals surface area contributed by atoms with Crippen molar-refractivity contribution in [2.24, 2.45) is 0 Å². The number of carbonyl (C=O) groups excluding carboxylic acids is 1. The van der Waals surface area contributed by atoms with Gasteiger partial charge in [0.1, 0.15) is 5.03 Å². The van der Waals surface area contributed by atoms with Gasteiger partial charge in [0, 0.05) is 24.6 Å². The van der Waals surface area contributed by atoms with Crippen LogP contribution in [0.2, 0.25) is 5.02 Å². The van der Waals surface area contributed by atoms with E-state index in [0.29, 0.717) is 33.7 Å². The second kappa shape index (κ2) is 7.12. The molecule has 0 bridgehead atoms. The van der Waals surface area contributed by atoms with Crippen molar-refractivity contribution in [2.75, 3.05) is 16.8 Å². The lowest BCUT2D eigenvalue weighted by Crippen LogP contribution is -2.12. The first-order valence-corrected chi connectivity index (χ1v) is 7.27. The maximum Gasteiger partial charge on any atom is 0.225 e. The highest BCUT2D eigenvalue weighted by atomic mass is 35.5. The van der Waals surface area contributed by atoms with Gasteiger partial charge in [0.2, 0.25) is 5.91 Å². The van der Waals surface area contributed by atoms with Gasteiger partial charge in [-0.2, -0.15) is 0 Å². The third-order valence-corrected chi connectivity index (χ3v) is 3.73. The molecule has 1 aromatic heterocycles. The number of anilines is 2. The lowest BCUT2D eigenvalue weighted by atomic mass is 10.3. The first-order chi connectivity index (χ1) is 9.66. The topological polar surface area (TPSA) is 80.9 Å². The van der Waals surface area contributed by atoms with E-state index in [1.165, 1.54) is 18.0 Å². The molecule has 20 heavy (non-hydrogen) atoms. The highest BCUT2D eigenvalue weighted by Gasteiger charge is 2.07. The molecule has 0 unspecified atom stereocenters. The minimum absolute atomic E-state index is 0.104. The van der Waals surface area contributed by atoms with E-state index in [1.807, 2.05) is 12.1 Å². The predicted octanol–water partition coefficient (Wildman–Crippen LogP) is 2.83. The Kier molecular flexibility index (Phi) is 5.20. The van der Waals surface area contributed by atoms with E-state index in [9.17, 15) is 4.79 Å². The van der Waals surface area contributed by atoms with E-state index in [-0.39, 0.29) is 5.91 Å². The van der Waals surface area contributed by atoms with Crippen LogP contribution in [0.25, 0.3) is 0 Å². The third kappa shape index (κ3) is 4.11. The van der Waals surface area contributed by atoms with Gasteiger partial charge in [-0.05, 0) is 12.1 Å². The maximum atomic E-state index is 11.8. The van der Waals surface area contributed by atoms with Crippen molar-refractivity contribution in [1.82, 2.24) is 9.97 Å². The Morgan fingerprint density at radius 2 is 2.05 bits per heavy atom. The Balaban J connectivity index is 1.82. The summed E-state index contributed by atoms with van der Waals surface area (Å²) < 4.78 is 0. The van der Waals surface area contributed by atoms with Crippen LogP contribution in [-0.4, -0.2) is 21.6 Å². The summed E-state index contributed by atoms with van der Waals surface area (Å²) >= 11 is 7.36. The smallest absolute Gasteiger partial charge is 0.225 e. The first kappa shape index (κ1) is 14.6. The summed E-state index contributed by atoms with van der Waals surface area (Å²) in [5.41, 5.74) is 6.28. The molecule has 7 heteroatoms. The zero-order valence-electron chi connectivity index (χ0n) is 10.5. The fourth-order valence-electron chi connectivity index (χ4n) is 1.46. The van der Waals surface area contributed by atoms with Gasteiger partial charge in [-0.3, -0.25) is 4.79 Å². The van der Waals surface area contributed by atoms with Crippen LogP contribution in [0.1, 0.15) is 6.42 Å². The molecule has 2 aromatic rings. The highest BCUT2D eigenvalue weighted by Crippen LogP contribution is 2.22. The first-order valence-electron chi connectivity index (χ1n) is 5.90. The van der Waals surface area contributed by atoms with E-state index < -0.39 is 0 Å². The van der Waals surface area contributed by atoms with Crippen molar-refractivity contribution in [3.63, 3.8) is 0 Å². The number of nitrogens with zero attached hydrogens (tertiary/aromatic N) is 2. The molecule has 2 rings (SSSR count). The number of aromatic nitrogens is 2. The Morgan fingerprint density at radius 3 is 2.80 bits per heavy atom. The van der Waals surface area contributed by atoms with Crippen molar-refractivity contribution in [1.29, 1.82) is 0 Å². The molecule has 3 N–H and O–H groups in total. The van der Waals surface area contributed by atoms with Crippen molar-refractivity contribution in [2.45, 2.75) is 11.4 Å². The van der Waals surface area contributed by atoms with Crippen LogP contribution in [0.4, 0.5) is 11.5 Å². The molecule has 0 aliphatic heterocycles. The van der Waals surface area contributed by atoms with Gasteiger partial charge in [-0.15, -0.1) is 11.8 Å². The number of benzene rings is 1. The van der Waals surface area contributed by atoms with Crippen molar-refractivity contribution >= 4 is 40.8 Å². The number of carbonyl (C=O) groups is 1. The molecule has 1 heterocycles. The molecular formula is C13H13ClN4OS. The summed E-state index contributed by atoms with van der Waals surface area (Å²) in [5, 5.41) is 3.92. The average molecular weight is 309 g/mol. The zero-order chi connectivity index (χ0) is 14.4. The number of para-hydroxylation sites is 1. The summed E-state index contributed by atoms with van der Waals surface area (Å²) in [6, 6.07) is 7.11. The number of halogens is 1. The number of nitrogens with two attached hydrogens (primary N) is 1. The summed E-state index contributed by atoms with van der Waals surface area (Å²) in [6.45, 7) is 0. The molecule has 5 nitrogen and oxygen atoms in total. The number of nitrogens with one attached hydrogen (secondary N) is 1. The van der Waals surface area contributed by atoms with Gasteiger partial charge in [0.15, 0.2) is 5.82 Å². The molecule has 0 radical (unpaired) electrons. The number of hydrogen-bond acceptors (Lipinski definition) is 5. The SMILES string of the molecule is Nc1nccnc1SCCC(=O)Nc1ccccc1Cl. The lowest BCUT2D eigenvalue weighted by Gasteiger charge is -2.07. The van der Waals surface area contributed by atoms with Crippen molar-refractivity contribution in [3.05, 3.63) is 41.7 Å². The van der Waals surface area contributed by atoms with E-state index in [2.05, 4.69) is 15.3 Å². The molecule has 0 saturated heterocycles. The van der Waals surface area contributed by atoms with Crippen LogP contribution in [0.15, 0.2) is 41.7 Å². The molecule has 0 aliphatic rings.